The van der Waals surface area contributed by atoms with Crippen LogP contribution in [0, 0.1) is 5.92 Å². The van der Waals surface area contributed by atoms with Crippen LogP contribution in [-0.4, -0.2) is 31.1 Å². The van der Waals surface area contributed by atoms with E-state index in [4.69, 9.17) is 5.73 Å². The Bertz CT molecular complexity index is 125. The SMILES string of the molecule is CCCC(C)N(C)CCCC(C)CN. The van der Waals surface area contributed by atoms with Crippen LogP contribution in [0.3, 0.4) is 0 Å². The molecule has 2 unspecified atom stereocenters. The molecule has 0 rings (SSSR count). The van der Waals surface area contributed by atoms with Gasteiger partial charge in [0.15, 0.2) is 0 Å². The zero-order valence-corrected chi connectivity index (χ0v) is 10.4. The van der Waals surface area contributed by atoms with Crippen LogP contribution in [0.5, 0.6) is 0 Å². The Morgan fingerprint density at radius 1 is 1.21 bits per heavy atom. The summed E-state index contributed by atoms with van der Waals surface area (Å²) >= 11 is 0. The van der Waals surface area contributed by atoms with Crippen molar-refractivity contribution in [3.8, 4) is 0 Å². The van der Waals surface area contributed by atoms with Crippen LogP contribution in [-0.2, 0) is 0 Å². The maximum absolute atomic E-state index is 5.58. The molecule has 0 aliphatic heterocycles. The molecule has 0 aromatic rings. The summed E-state index contributed by atoms with van der Waals surface area (Å²) in [5.41, 5.74) is 5.58. The molecule has 0 aliphatic rings. The van der Waals surface area contributed by atoms with Gasteiger partial charge in [-0.05, 0) is 52.2 Å². The van der Waals surface area contributed by atoms with Gasteiger partial charge < -0.3 is 10.6 Å². The number of nitrogens with zero attached hydrogens (tertiary/aromatic N) is 1. The monoisotopic (exact) mass is 200 g/mol. The summed E-state index contributed by atoms with van der Waals surface area (Å²) in [5, 5.41) is 0. The Kier molecular flexibility index (Phi) is 8.20. The predicted molar refractivity (Wildman–Crippen MR) is 64.5 cm³/mol. The lowest BCUT2D eigenvalue weighted by Gasteiger charge is -2.24. The van der Waals surface area contributed by atoms with Gasteiger partial charge in [-0.15, -0.1) is 0 Å². The fourth-order valence-corrected chi connectivity index (χ4v) is 1.67. The third-order valence-corrected chi connectivity index (χ3v) is 3.07. The van der Waals surface area contributed by atoms with E-state index in [1.54, 1.807) is 0 Å². The van der Waals surface area contributed by atoms with Crippen LogP contribution in [0.4, 0.5) is 0 Å². The molecule has 0 heterocycles. The number of hydrogen-bond acceptors (Lipinski definition) is 2. The first-order valence-corrected chi connectivity index (χ1v) is 6.02. The van der Waals surface area contributed by atoms with E-state index >= 15 is 0 Å². The van der Waals surface area contributed by atoms with Crippen molar-refractivity contribution in [3.05, 3.63) is 0 Å². The topological polar surface area (TPSA) is 29.3 Å². The van der Waals surface area contributed by atoms with Gasteiger partial charge in [-0.2, -0.15) is 0 Å². The number of nitrogens with two attached hydrogens (primary N) is 1. The molecule has 0 aromatic heterocycles. The van der Waals surface area contributed by atoms with E-state index in [1.165, 1.54) is 32.2 Å². The van der Waals surface area contributed by atoms with Gasteiger partial charge in [-0.3, -0.25) is 0 Å². The summed E-state index contributed by atoms with van der Waals surface area (Å²) in [7, 11) is 2.23. The van der Waals surface area contributed by atoms with Crippen molar-refractivity contribution in [1.29, 1.82) is 0 Å². The third-order valence-electron chi connectivity index (χ3n) is 3.07. The van der Waals surface area contributed by atoms with E-state index < -0.39 is 0 Å². The molecular weight excluding hydrogens is 172 g/mol. The first kappa shape index (κ1) is 13.9. The molecule has 0 bridgehead atoms. The van der Waals surface area contributed by atoms with Crippen LogP contribution in [0.2, 0.25) is 0 Å². The first-order valence-electron chi connectivity index (χ1n) is 6.02. The minimum absolute atomic E-state index is 0.685. The minimum Gasteiger partial charge on any atom is -0.330 e. The highest BCUT2D eigenvalue weighted by atomic mass is 15.1. The third kappa shape index (κ3) is 6.39. The standard InChI is InChI=1S/C12H28N2/c1-5-7-12(3)14(4)9-6-8-11(2)10-13/h11-12H,5-10,13H2,1-4H3. The highest BCUT2D eigenvalue weighted by Gasteiger charge is 2.07. The molecule has 86 valence electrons. The second-order valence-corrected chi connectivity index (χ2v) is 4.60. The van der Waals surface area contributed by atoms with Crippen molar-refractivity contribution in [3.63, 3.8) is 0 Å². The van der Waals surface area contributed by atoms with Crippen LogP contribution in [0.15, 0.2) is 0 Å². The molecule has 0 radical (unpaired) electrons. The summed E-state index contributed by atoms with van der Waals surface area (Å²) < 4.78 is 0. The quantitative estimate of drug-likeness (QED) is 0.652. The Labute approximate surface area is 89.9 Å². The van der Waals surface area contributed by atoms with Gasteiger partial charge in [0.25, 0.3) is 0 Å². The summed E-state index contributed by atoms with van der Waals surface area (Å²) in [6.45, 7) is 8.84. The molecule has 2 atom stereocenters. The molecule has 0 aromatic carbocycles. The van der Waals surface area contributed by atoms with Gasteiger partial charge in [-0.1, -0.05) is 20.3 Å². The van der Waals surface area contributed by atoms with E-state index in [0.29, 0.717) is 5.92 Å². The van der Waals surface area contributed by atoms with E-state index in [2.05, 4.69) is 32.7 Å². The molecule has 0 aliphatic carbocycles. The second-order valence-electron chi connectivity index (χ2n) is 4.60. The van der Waals surface area contributed by atoms with Gasteiger partial charge >= 0.3 is 0 Å². The van der Waals surface area contributed by atoms with Gasteiger partial charge in [-0.25, -0.2) is 0 Å². The Hall–Kier alpha value is -0.0800. The summed E-state index contributed by atoms with van der Waals surface area (Å²) in [6, 6.07) is 0.730. The summed E-state index contributed by atoms with van der Waals surface area (Å²) in [4.78, 5) is 2.47. The molecule has 2 nitrogen and oxygen atoms in total. The van der Waals surface area contributed by atoms with Crippen LogP contribution >= 0.6 is 0 Å². The van der Waals surface area contributed by atoms with Crippen molar-refractivity contribution in [2.75, 3.05) is 20.1 Å². The van der Waals surface area contributed by atoms with Crippen molar-refractivity contribution in [2.45, 2.75) is 52.5 Å². The fraction of sp³-hybridized carbons (Fsp3) is 1.00. The first-order chi connectivity index (χ1) is 6.61. The maximum Gasteiger partial charge on any atom is 0.00637 e. The van der Waals surface area contributed by atoms with Crippen LogP contribution in [0.1, 0.15) is 46.5 Å². The Balaban J connectivity index is 3.47. The molecule has 0 amide bonds. The molecule has 2 heteroatoms. The second kappa shape index (κ2) is 8.25. The Morgan fingerprint density at radius 3 is 2.36 bits per heavy atom. The smallest absolute Gasteiger partial charge is 0.00637 e. The van der Waals surface area contributed by atoms with E-state index in [9.17, 15) is 0 Å². The van der Waals surface area contributed by atoms with E-state index in [1.807, 2.05) is 0 Å². The average molecular weight is 200 g/mol. The summed E-state index contributed by atoms with van der Waals surface area (Å²) in [5.74, 6) is 0.685. The normalized spacial score (nSPS) is 15.9. The largest absolute Gasteiger partial charge is 0.330 e. The minimum atomic E-state index is 0.685. The van der Waals surface area contributed by atoms with Gasteiger partial charge in [0.2, 0.25) is 0 Å². The molecule has 14 heavy (non-hydrogen) atoms. The zero-order valence-electron chi connectivity index (χ0n) is 10.4. The highest BCUT2D eigenvalue weighted by Crippen LogP contribution is 2.08. The molecular formula is C12H28N2. The lowest BCUT2D eigenvalue weighted by Crippen LogP contribution is -2.30. The predicted octanol–water partition coefficient (Wildman–Crippen LogP) is 2.48. The van der Waals surface area contributed by atoms with Crippen molar-refractivity contribution in [2.24, 2.45) is 11.7 Å². The van der Waals surface area contributed by atoms with Crippen molar-refractivity contribution >= 4 is 0 Å². The van der Waals surface area contributed by atoms with Gasteiger partial charge in [0.05, 0.1) is 0 Å². The molecule has 2 N–H and O–H groups in total. The highest BCUT2D eigenvalue weighted by molar-refractivity contribution is 4.63. The van der Waals surface area contributed by atoms with Crippen LogP contribution < -0.4 is 5.73 Å². The number of hydrogen-bond donors (Lipinski definition) is 1. The lowest BCUT2D eigenvalue weighted by atomic mass is 10.1. The number of rotatable bonds is 8. The fourth-order valence-electron chi connectivity index (χ4n) is 1.67. The molecule has 0 saturated heterocycles. The molecule has 0 saturated carbocycles. The Morgan fingerprint density at radius 2 is 1.86 bits per heavy atom. The van der Waals surface area contributed by atoms with Gasteiger partial charge in [0, 0.05) is 6.04 Å². The van der Waals surface area contributed by atoms with Gasteiger partial charge in [0.1, 0.15) is 0 Å². The van der Waals surface area contributed by atoms with E-state index in [0.717, 1.165) is 12.6 Å². The average Bonchev–Trinajstić information content (AvgIpc) is 2.17. The zero-order chi connectivity index (χ0) is 11.0. The maximum atomic E-state index is 5.58. The molecule has 0 spiro atoms. The van der Waals surface area contributed by atoms with Crippen LogP contribution in [0.25, 0.3) is 0 Å². The summed E-state index contributed by atoms with van der Waals surface area (Å²) in [6.07, 6.45) is 5.14. The molecule has 0 fully saturated rings. The van der Waals surface area contributed by atoms with E-state index in [-0.39, 0.29) is 0 Å². The lowest BCUT2D eigenvalue weighted by molar-refractivity contribution is 0.236. The van der Waals surface area contributed by atoms with Crippen molar-refractivity contribution in [1.82, 2.24) is 4.90 Å². The van der Waals surface area contributed by atoms with Crippen molar-refractivity contribution < 1.29 is 0 Å².